The summed E-state index contributed by atoms with van der Waals surface area (Å²) in [6.45, 7) is 7.21. The zero-order valence-electron chi connectivity index (χ0n) is 13.0. The van der Waals surface area contributed by atoms with Crippen LogP contribution in [-0.4, -0.2) is 25.7 Å². The Hall–Kier alpha value is -0.820. The number of nitrogens with zero attached hydrogens (tertiary/aromatic N) is 1. The van der Waals surface area contributed by atoms with Gasteiger partial charge in [0.15, 0.2) is 5.96 Å². The third kappa shape index (κ3) is 10.5. The maximum absolute atomic E-state index is 5.78. The van der Waals surface area contributed by atoms with Crippen molar-refractivity contribution in [1.29, 1.82) is 0 Å². The van der Waals surface area contributed by atoms with E-state index in [1.165, 1.54) is 5.56 Å². The number of aliphatic imine (C=N–C) groups is 1. The molecule has 0 saturated heterocycles. The molecular formula is C16H28IN3O. The standard InChI is InChI=1S/C16H27N3O.HI/c1-3-4-10-18-16(17)19-11-14(2)12-20-13-15-8-6-5-7-9-15;/h5-9,14H,3-4,10-13H2,1-2H3,(H3,17,18,19);1H. The summed E-state index contributed by atoms with van der Waals surface area (Å²) in [5.41, 5.74) is 6.98. The van der Waals surface area contributed by atoms with Crippen LogP contribution in [0.4, 0.5) is 0 Å². The minimum atomic E-state index is 0. The Bertz CT molecular complexity index is 384. The van der Waals surface area contributed by atoms with Gasteiger partial charge in [0.05, 0.1) is 13.2 Å². The van der Waals surface area contributed by atoms with E-state index in [9.17, 15) is 0 Å². The van der Waals surface area contributed by atoms with Crippen LogP contribution >= 0.6 is 24.0 Å². The van der Waals surface area contributed by atoms with Crippen molar-refractivity contribution < 1.29 is 4.74 Å². The number of hydrogen-bond acceptors (Lipinski definition) is 2. The Balaban J connectivity index is 0.00000400. The molecule has 3 N–H and O–H groups in total. The van der Waals surface area contributed by atoms with Crippen LogP contribution in [0.3, 0.4) is 0 Å². The molecule has 0 aliphatic rings. The minimum Gasteiger partial charge on any atom is -0.376 e. The molecule has 1 aromatic carbocycles. The SMILES string of the molecule is CCCCNC(N)=NCC(C)COCc1ccccc1.I. The van der Waals surface area contributed by atoms with Gasteiger partial charge in [-0.2, -0.15) is 0 Å². The molecule has 1 rings (SSSR count). The Morgan fingerprint density at radius 3 is 2.71 bits per heavy atom. The summed E-state index contributed by atoms with van der Waals surface area (Å²) in [5, 5.41) is 3.11. The number of nitrogens with one attached hydrogen (secondary N) is 1. The second kappa shape index (κ2) is 12.9. The third-order valence-corrected chi connectivity index (χ3v) is 2.92. The van der Waals surface area contributed by atoms with E-state index < -0.39 is 0 Å². The Kier molecular flexibility index (Phi) is 12.4. The summed E-state index contributed by atoms with van der Waals surface area (Å²) in [7, 11) is 0. The van der Waals surface area contributed by atoms with Crippen molar-refractivity contribution in [3.05, 3.63) is 35.9 Å². The van der Waals surface area contributed by atoms with Gasteiger partial charge in [0.25, 0.3) is 0 Å². The lowest BCUT2D eigenvalue weighted by Gasteiger charge is -2.11. The fourth-order valence-corrected chi connectivity index (χ4v) is 1.71. The minimum absolute atomic E-state index is 0. The van der Waals surface area contributed by atoms with Crippen LogP contribution in [0, 0.1) is 5.92 Å². The maximum Gasteiger partial charge on any atom is 0.188 e. The van der Waals surface area contributed by atoms with E-state index in [1.807, 2.05) is 18.2 Å². The maximum atomic E-state index is 5.78. The zero-order chi connectivity index (χ0) is 14.6. The van der Waals surface area contributed by atoms with Crippen molar-refractivity contribution in [2.45, 2.75) is 33.3 Å². The van der Waals surface area contributed by atoms with Gasteiger partial charge in [-0.15, -0.1) is 24.0 Å². The lowest BCUT2D eigenvalue weighted by atomic mass is 10.2. The lowest BCUT2D eigenvalue weighted by molar-refractivity contribution is 0.0945. The van der Waals surface area contributed by atoms with Crippen LogP contribution in [0.1, 0.15) is 32.3 Å². The van der Waals surface area contributed by atoms with Gasteiger partial charge < -0.3 is 15.8 Å². The lowest BCUT2D eigenvalue weighted by Crippen LogP contribution is -2.33. The molecule has 120 valence electrons. The van der Waals surface area contributed by atoms with E-state index in [1.54, 1.807) is 0 Å². The molecule has 0 radical (unpaired) electrons. The molecule has 0 saturated carbocycles. The van der Waals surface area contributed by atoms with Crippen LogP contribution in [0.5, 0.6) is 0 Å². The fraction of sp³-hybridized carbons (Fsp3) is 0.562. The van der Waals surface area contributed by atoms with Gasteiger partial charge in [-0.25, -0.2) is 0 Å². The first-order valence-corrected chi connectivity index (χ1v) is 7.37. The molecule has 21 heavy (non-hydrogen) atoms. The van der Waals surface area contributed by atoms with Gasteiger partial charge in [0.1, 0.15) is 0 Å². The van der Waals surface area contributed by atoms with E-state index >= 15 is 0 Å². The van der Waals surface area contributed by atoms with Crippen molar-refractivity contribution in [3.8, 4) is 0 Å². The Morgan fingerprint density at radius 2 is 2.05 bits per heavy atom. The van der Waals surface area contributed by atoms with Crippen molar-refractivity contribution in [1.82, 2.24) is 5.32 Å². The van der Waals surface area contributed by atoms with Crippen LogP contribution < -0.4 is 11.1 Å². The molecule has 0 aliphatic heterocycles. The molecule has 0 heterocycles. The highest BCUT2D eigenvalue weighted by molar-refractivity contribution is 14.0. The summed E-state index contributed by atoms with van der Waals surface area (Å²) in [4.78, 5) is 4.32. The van der Waals surface area contributed by atoms with Crippen molar-refractivity contribution >= 4 is 29.9 Å². The molecule has 0 fully saturated rings. The summed E-state index contributed by atoms with van der Waals surface area (Å²) >= 11 is 0. The van der Waals surface area contributed by atoms with E-state index in [4.69, 9.17) is 10.5 Å². The Morgan fingerprint density at radius 1 is 1.33 bits per heavy atom. The molecule has 0 aliphatic carbocycles. The number of benzene rings is 1. The van der Waals surface area contributed by atoms with Gasteiger partial charge >= 0.3 is 0 Å². The normalized spacial score (nSPS) is 12.6. The smallest absolute Gasteiger partial charge is 0.188 e. The van der Waals surface area contributed by atoms with Gasteiger partial charge in [-0.3, -0.25) is 4.99 Å². The molecule has 0 amide bonds. The second-order valence-corrected chi connectivity index (χ2v) is 5.11. The fourth-order valence-electron chi connectivity index (χ4n) is 1.71. The van der Waals surface area contributed by atoms with Gasteiger partial charge in [-0.05, 0) is 17.9 Å². The number of hydrogen-bond donors (Lipinski definition) is 2. The third-order valence-electron chi connectivity index (χ3n) is 2.92. The first-order valence-electron chi connectivity index (χ1n) is 7.37. The average Bonchev–Trinajstić information content (AvgIpc) is 2.46. The van der Waals surface area contributed by atoms with E-state index in [2.05, 4.69) is 36.3 Å². The quantitative estimate of drug-likeness (QED) is 0.287. The predicted molar refractivity (Wildman–Crippen MR) is 100 cm³/mol. The molecule has 1 unspecified atom stereocenters. The number of nitrogens with two attached hydrogens (primary N) is 1. The number of ether oxygens (including phenoxy) is 1. The van der Waals surface area contributed by atoms with Crippen LogP contribution in [0.25, 0.3) is 0 Å². The van der Waals surface area contributed by atoms with Crippen LogP contribution in [0.15, 0.2) is 35.3 Å². The summed E-state index contributed by atoms with van der Waals surface area (Å²) in [6, 6.07) is 10.2. The monoisotopic (exact) mass is 405 g/mol. The summed E-state index contributed by atoms with van der Waals surface area (Å²) in [6.07, 6.45) is 2.27. The highest BCUT2D eigenvalue weighted by Crippen LogP contribution is 2.03. The highest BCUT2D eigenvalue weighted by atomic mass is 127. The first-order chi connectivity index (χ1) is 9.72. The van der Waals surface area contributed by atoms with Crippen molar-refractivity contribution in [3.63, 3.8) is 0 Å². The van der Waals surface area contributed by atoms with Gasteiger partial charge in [0.2, 0.25) is 0 Å². The topological polar surface area (TPSA) is 59.6 Å². The molecular weight excluding hydrogens is 377 g/mol. The zero-order valence-corrected chi connectivity index (χ0v) is 15.4. The molecule has 5 heteroatoms. The molecule has 4 nitrogen and oxygen atoms in total. The molecule has 1 atom stereocenters. The molecule has 0 spiro atoms. The number of unbranched alkanes of at least 4 members (excludes halogenated alkanes) is 1. The number of guanidine groups is 1. The van der Waals surface area contributed by atoms with E-state index in [0.717, 1.165) is 19.4 Å². The molecule has 0 aromatic heterocycles. The number of rotatable bonds is 9. The average molecular weight is 405 g/mol. The van der Waals surface area contributed by atoms with Crippen molar-refractivity contribution in [2.75, 3.05) is 19.7 Å². The van der Waals surface area contributed by atoms with Crippen LogP contribution in [0.2, 0.25) is 0 Å². The molecule has 0 bridgehead atoms. The second-order valence-electron chi connectivity index (χ2n) is 5.11. The van der Waals surface area contributed by atoms with Crippen LogP contribution in [-0.2, 0) is 11.3 Å². The summed E-state index contributed by atoms with van der Waals surface area (Å²) in [5.74, 6) is 0.901. The van der Waals surface area contributed by atoms with Gasteiger partial charge in [0, 0.05) is 13.1 Å². The van der Waals surface area contributed by atoms with Gasteiger partial charge in [-0.1, -0.05) is 50.6 Å². The van der Waals surface area contributed by atoms with E-state index in [-0.39, 0.29) is 24.0 Å². The Labute approximate surface area is 145 Å². The van der Waals surface area contributed by atoms with Crippen molar-refractivity contribution in [2.24, 2.45) is 16.6 Å². The molecule has 1 aromatic rings. The predicted octanol–water partition coefficient (Wildman–Crippen LogP) is 3.16. The number of halogens is 1. The van der Waals surface area contributed by atoms with E-state index in [0.29, 0.717) is 31.6 Å². The largest absolute Gasteiger partial charge is 0.376 e. The summed E-state index contributed by atoms with van der Waals surface area (Å²) < 4.78 is 5.68. The first kappa shape index (κ1) is 20.2. The highest BCUT2D eigenvalue weighted by Gasteiger charge is 2.02.